The molecule has 2 aromatic rings. The fourth-order valence-corrected chi connectivity index (χ4v) is 3.04. The highest BCUT2D eigenvalue weighted by molar-refractivity contribution is 5.80. The van der Waals surface area contributed by atoms with Crippen molar-refractivity contribution in [3.05, 3.63) is 36.0 Å². The summed E-state index contributed by atoms with van der Waals surface area (Å²) >= 11 is 0. The molecular formula is C18H24N2O2. The Hall–Kier alpha value is -1.97. The number of carbonyl (C=O) groups excluding carboxylic acids is 1. The van der Waals surface area contributed by atoms with Crippen LogP contribution in [0.2, 0.25) is 0 Å². The largest absolute Gasteiger partial charge is 0.444 e. The molecule has 2 heterocycles. The number of nitrogens with zero attached hydrogens (tertiary/aromatic N) is 1. The quantitative estimate of drug-likeness (QED) is 0.854. The molecule has 3 rings (SSSR count). The van der Waals surface area contributed by atoms with E-state index < -0.39 is 5.60 Å². The van der Waals surface area contributed by atoms with Crippen LogP contribution in [0.4, 0.5) is 4.79 Å². The van der Waals surface area contributed by atoms with Crippen LogP contribution in [0.3, 0.4) is 0 Å². The number of rotatable bonds is 1. The third-order valence-electron chi connectivity index (χ3n) is 4.06. The molecular weight excluding hydrogens is 276 g/mol. The van der Waals surface area contributed by atoms with E-state index in [0.717, 1.165) is 31.4 Å². The lowest BCUT2D eigenvalue weighted by molar-refractivity contribution is 0.0197. The van der Waals surface area contributed by atoms with Crippen molar-refractivity contribution in [3.8, 4) is 0 Å². The lowest BCUT2D eigenvalue weighted by Crippen LogP contribution is -2.42. The van der Waals surface area contributed by atoms with Gasteiger partial charge in [-0.1, -0.05) is 18.2 Å². The van der Waals surface area contributed by atoms with Gasteiger partial charge in [-0.3, -0.25) is 0 Å². The van der Waals surface area contributed by atoms with Gasteiger partial charge in [0.05, 0.1) is 0 Å². The molecule has 0 spiro atoms. The average Bonchev–Trinajstić information content (AvgIpc) is 2.89. The fourth-order valence-electron chi connectivity index (χ4n) is 3.04. The summed E-state index contributed by atoms with van der Waals surface area (Å²) in [6.45, 7) is 7.23. The molecule has 1 fully saturated rings. The minimum atomic E-state index is -0.439. The lowest BCUT2D eigenvalue weighted by Gasteiger charge is -2.33. The number of aromatic amines is 1. The second-order valence-electron chi connectivity index (χ2n) is 7.08. The van der Waals surface area contributed by atoms with Crippen molar-refractivity contribution in [1.82, 2.24) is 9.88 Å². The first-order valence-electron chi connectivity index (χ1n) is 7.98. The maximum Gasteiger partial charge on any atom is 0.410 e. The number of aromatic nitrogens is 1. The Morgan fingerprint density at radius 2 is 2.09 bits per heavy atom. The second kappa shape index (κ2) is 5.67. The van der Waals surface area contributed by atoms with Crippen LogP contribution in [-0.4, -0.2) is 34.7 Å². The molecule has 1 aromatic carbocycles. The number of H-pyrrole nitrogens is 1. The van der Waals surface area contributed by atoms with Crippen LogP contribution in [0, 0.1) is 0 Å². The molecule has 0 aliphatic carbocycles. The third-order valence-corrected chi connectivity index (χ3v) is 4.06. The molecule has 1 saturated heterocycles. The number of likely N-dealkylation sites (tertiary alicyclic amines) is 1. The van der Waals surface area contributed by atoms with Gasteiger partial charge in [-0.2, -0.15) is 0 Å². The maximum atomic E-state index is 12.3. The van der Waals surface area contributed by atoms with Crippen LogP contribution in [0.5, 0.6) is 0 Å². The van der Waals surface area contributed by atoms with E-state index in [2.05, 4.69) is 23.2 Å². The lowest BCUT2D eigenvalue weighted by atomic mass is 9.95. The van der Waals surface area contributed by atoms with E-state index in [9.17, 15) is 4.79 Å². The van der Waals surface area contributed by atoms with E-state index in [0.29, 0.717) is 5.92 Å². The summed E-state index contributed by atoms with van der Waals surface area (Å²) in [6, 6.07) is 10.5. The summed E-state index contributed by atoms with van der Waals surface area (Å²) in [5.74, 6) is 0.355. The normalized spacial score (nSPS) is 19.4. The smallest absolute Gasteiger partial charge is 0.410 e. The Labute approximate surface area is 131 Å². The van der Waals surface area contributed by atoms with Crippen molar-refractivity contribution in [2.45, 2.75) is 45.1 Å². The van der Waals surface area contributed by atoms with E-state index >= 15 is 0 Å². The number of para-hydroxylation sites is 1. The zero-order valence-corrected chi connectivity index (χ0v) is 13.6. The monoisotopic (exact) mass is 300 g/mol. The van der Waals surface area contributed by atoms with Gasteiger partial charge >= 0.3 is 6.09 Å². The summed E-state index contributed by atoms with van der Waals surface area (Å²) in [6.07, 6.45) is 1.92. The highest BCUT2D eigenvalue weighted by atomic mass is 16.6. The molecule has 118 valence electrons. The molecule has 1 amide bonds. The zero-order chi connectivity index (χ0) is 15.7. The Kier molecular flexibility index (Phi) is 3.85. The first-order chi connectivity index (χ1) is 10.4. The van der Waals surface area contributed by atoms with Gasteiger partial charge in [-0.15, -0.1) is 0 Å². The van der Waals surface area contributed by atoms with Crippen LogP contribution in [0.15, 0.2) is 30.3 Å². The topological polar surface area (TPSA) is 45.3 Å². The molecule has 4 heteroatoms. The Balaban J connectivity index is 1.74. The molecule has 0 radical (unpaired) electrons. The van der Waals surface area contributed by atoms with Crippen LogP contribution in [0.1, 0.15) is 45.2 Å². The van der Waals surface area contributed by atoms with E-state index in [1.807, 2.05) is 37.8 Å². The second-order valence-corrected chi connectivity index (χ2v) is 7.08. The van der Waals surface area contributed by atoms with E-state index in [1.165, 1.54) is 11.1 Å². The highest BCUT2D eigenvalue weighted by Crippen LogP contribution is 2.29. The predicted molar refractivity (Wildman–Crippen MR) is 88.1 cm³/mol. The van der Waals surface area contributed by atoms with Crippen molar-refractivity contribution in [2.75, 3.05) is 13.1 Å². The molecule has 0 saturated carbocycles. The number of hydrogen-bond donors (Lipinski definition) is 1. The van der Waals surface area contributed by atoms with Crippen LogP contribution in [-0.2, 0) is 4.74 Å². The SMILES string of the molecule is CC(C)(C)OC(=O)N1CCC[C@H](c2cc3ccccc3[nH]2)C1. The fraction of sp³-hybridized carbons (Fsp3) is 0.500. The minimum Gasteiger partial charge on any atom is -0.444 e. The number of piperidine rings is 1. The van der Waals surface area contributed by atoms with Gasteiger partial charge in [0.25, 0.3) is 0 Å². The molecule has 22 heavy (non-hydrogen) atoms. The van der Waals surface area contributed by atoms with E-state index in [1.54, 1.807) is 0 Å². The zero-order valence-electron chi connectivity index (χ0n) is 13.6. The van der Waals surface area contributed by atoms with Crippen molar-refractivity contribution in [2.24, 2.45) is 0 Å². The van der Waals surface area contributed by atoms with Crippen LogP contribution < -0.4 is 0 Å². The van der Waals surface area contributed by atoms with Crippen LogP contribution in [0.25, 0.3) is 10.9 Å². The van der Waals surface area contributed by atoms with Gasteiger partial charge in [0, 0.05) is 30.2 Å². The summed E-state index contributed by atoms with van der Waals surface area (Å²) in [5.41, 5.74) is 1.94. The van der Waals surface area contributed by atoms with E-state index in [4.69, 9.17) is 4.74 Å². The number of ether oxygens (including phenoxy) is 1. The highest BCUT2D eigenvalue weighted by Gasteiger charge is 2.28. The third kappa shape index (κ3) is 3.26. The summed E-state index contributed by atoms with van der Waals surface area (Å²) in [7, 11) is 0. The molecule has 1 N–H and O–H groups in total. The number of amides is 1. The molecule has 4 nitrogen and oxygen atoms in total. The molecule has 0 bridgehead atoms. The molecule has 1 atom stereocenters. The van der Waals surface area contributed by atoms with Crippen molar-refractivity contribution < 1.29 is 9.53 Å². The molecule has 1 aliphatic heterocycles. The summed E-state index contributed by atoms with van der Waals surface area (Å²) in [4.78, 5) is 17.6. The molecule has 1 aromatic heterocycles. The van der Waals surface area contributed by atoms with Crippen molar-refractivity contribution in [3.63, 3.8) is 0 Å². The van der Waals surface area contributed by atoms with Crippen molar-refractivity contribution in [1.29, 1.82) is 0 Å². The first-order valence-corrected chi connectivity index (χ1v) is 7.98. The van der Waals surface area contributed by atoms with Gasteiger partial charge in [0.1, 0.15) is 5.60 Å². The standard InChI is InChI=1S/C18H24N2O2/c1-18(2,3)22-17(21)20-10-6-8-14(12-20)16-11-13-7-4-5-9-15(13)19-16/h4-5,7,9,11,14,19H,6,8,10,12H2,1-3H3/t14-/m0/s1. The molecule has 1 aliphatic rings. The first kappa shape index (κ1) is 14.9. The Morgan fingerprint density at radius 1 is 1.32 bits per heavy atom. The number of hydrogen-bond acceptors (Lipinski definition) is 2. The van der Waals surface area contributed by atoms with Crippen LogP contribution >= 0.6 is 0 Å². The number of carbonyl (C=O) groups is 1. The van der Waals surface area contributed by atoms with Gasteiger partial charge < -0.3 is 14.6 Å². The number of fused-ring (bicyclic) bond motifs is 1. The Bertz CT molecular complexity index is 636. The van der Waals surface area contributed by atoms with Gasteiger partial charge in [0.15, 0.2) is 0 Å². The molecule has 0 unspecified atom stereocenters. The minimum absolute atomic E-state index is 0.201. The Morgan fingerprint density at radius 3 is 2.82 bits per heavy atom. The number of benzene rings is 1. The van der Waals surface area contributed by atoms with Gasteiger partial charge in [-0.25, -0.2) is 4.79 Å². The summed E-state index contributed by atoms with van der Waals surface area (Å²) in [5, 5.41) is 1.23. The maximum absolute atomic E-state index is 12.3. The summed E-state index contributed by atoms with van der Waals surface area (Å²) < 4.78 is 5.50. The van der Waals surface area contributed by atoms with Crippen molar-refractivity contribution >= 4 is 17.0 Å². The van der Waals surface area contributed by atoms with Gasteiger partial charge in [0.2, 0.25) is 0 Å². The van der Waals surface area contributed by atoms with E-state index in [-0.39, 0.29) is 6.09 Å². The number of nitrogens with one attached hydrogen (secondary N) is 1. The average molecular weight is 300 g/mol. The predicted octanol–water partition coefficient (Wildman–Crippen LogP) is 4.28. The van der Waals surface area contributed by atoms with Gasteiger partial charge in [-0.05, 0) is 51.1 Å².